The molecule has 4 rings (SSSR count). The average Bonchev–Trinajstić information content (AvgIpc) is 3.23. The summed E-state index contributed by atoms with van der Waals surface area (Å²) in [7, 11) is 0. The van der Waals surface area contributed by atoms with Gasteiger partial charge in [0.1, 0.15) is 24.4 Å². The van der Waals surface area contributed by atoms with E-state index in [2.05, 4.69) is 5.32 Å². The highest BCUT2D eigenvalue weighted by atomic mass is 16.6. The van der Waals surface area contributed by atoms with Crippen molar-refractivity contribution in [2.24, 2.45) is 0 Å². The number of carbonyl (C=O) groups is 1. The van der Waals surface area contributed by atoms with Gasteiger partial charge in [-0.15, -0.1) is 0 Å². The van der Waals surface area contributed by atoms with Gasteiger partial charge in [-0.3, -0.25) is 4.79 Å². The fraction of sp³-hybridized carbons (Fsp3) is 0.345. The first-order valence-corrected chi connectivity index (χ1v) is 12.0. The molecule has 0 radical (unpaired) electrons. The minimum Gasteiger partial charge on any atom is -0.374 e. The Morgan fingerprint density at radius 1 is 0.714 bits per heavy atom. The van der Waals surface area contributed by atoms with Crippen LogP contribution in [0.15, 0.2) is 91.0 Å². The first-order valence-electron chi connectivity index (χ1n) is 12.0. The van der Waals surface area contributed by atoms with E-state index in [0.29, 0.717) is 33.0 Å². The summed E-state index contributed by atoms with van der Waals surface area (Å²) in [5.74, 6) is -0.110. The molecule has 3 aromatic carbocycles. The molecule has 1 amide bonds. The maximum absolute atomic E-state index is 11.6. The number of nitrogens with one attached hydrogen (secondary N) is 1. The van der Waals surface area contributed by atoms with E-state index in [9.17, 15) is 4.79 Å². The van der Waals surface area contributed by atoms with Crippen LogP contribution >= 0.6 is 0 Å². The summed E-state index contributed by atoms with van der Waals surface area (Å²) in [5, 5.41) is 2.87. The molecule has 0 aromatic heterocycles. The Bertz CT molecular complexity index is 1020. The van der Waals surface area contributed by atoms with E-state index < -0.39 is 0 Å². The third-order valence-corrected chi connectivity index (χ3v) is 5.92. The van der Waals surface area contributed by atoms with Crippen LogP contribution in [0.5, 0.6) is 0 Å². The molecule has 1 N–H and O–H groups in total. The van der Waals surface area contributed by atoms with Crippen LogP contribution in [-0.4, -0.2) is 43.5 Å². The van der Waals surface area contributed by atoms with Crippen molar-refractivity contribution in [3.63, 3.8) is 0 Å². The average molecular weight is 476 g/mol. The van der Waals surface area contributed by atoms with E-state index in [1.807, 2.05) is 91.0 Å². The Balaban J connectivity index is 1.47. The van der Waals surface area contributed by atoms with Gasteiger partial charge in [0.05, 0.1) is 26.4 Å². The summed E-state index contributed by atoms with van der Waals surface area (Å²) < 4.78 is 25.2. The molecule has 4 atom stereocenters. The Labute approximate surface area is 207 Å². The van der Waals surface area contributed by atoms with Gasteiger partial charge in [-0.2, -0.15) is 0 Å². The van der Waals surface area contributed by atoms with Crippen molar-refractivity contribution in [1.82, 2.24) is 5.32 Å². The van der Waals surface area contributed by atoms with E-state index in [1.165, 1.54) is 6.92 Å². The molecular weight excluding hydrogens is 442 g/mol. The van der Waals surface area contributed by atoms with Gasteiger partial charge in [0.15, 0.2) is 0 Å². The highest BCUT2D eigenvalue weighted by Crippen LogP contribution is 2.29. The molecule has 0 bridgehead atoms. The van der Waals surface area contributed by atoms with Crippen LogP contribution in [0.25, 0.3) is 0 Å². The fourth-order valence-electron chi connectivity index (χ4n) is 4.15. The second-order valence-electron chi connectivity index (χ2n) is 8.67. The largest absolute Gasteiger partial charge is 0.374 e. The van der Waals surface area contributed by atoms with E-state index >= 15 is 0 Å². The van der Waals surface area contributed by atoms with Crippen LogP contribution < -0.4 is 5.32 Å². The zero-order chi connectivity index (χ0) is 24.3. The number of hydrogen-bond donors (Lipinski definition) is 1. The topological polar surface area (TPSA) is 66.0 Å². The smallest absolute Gasteiger partial charge is 0.216 e. The third-order valence-electron chi connectivity index (χ3n) is 5.92. The number of benzene rings is 3. The SMILES string of the molecule is CC(=O)NC[C@H]1O[C@@H](COCc2ccccc2)[C@@H](OCc2ccccc2)[C@@H]1OCc1ccccc1. The molecule has 184 valence electrons. The van der Waals surface area contributed by atoms with Gasteiger partial charge in [-0.25, -0.2) is 0 Å². The predicted molar refractivity (Wildman–Crippen MR) is 133 cm³/mol. The third kappa shape index (κ3) is 7.73. The lowest BCUT2D eigenvalue weighted by molar-refractivity contribution is -0.120. The number of rotatable bonds is 12. The monoisotopic (exact) mass is 475 g/mol. The van der Waals surface area contributed by atoms with E-state index in [0.717, 1.165) is 16.7 Å². The summed E-state index contributed by atoms with van der Waals surface area (Å²) in [6.07, 6.45) is -1.40. The maximum atomic E-state index is 11.6. The minimum absolute atomic E-state index is 0.110. The Hall–Kier alpha value is -3.03. The van der Waals surface area contributed by atoms with Gasteiger partial charge in [-0.05, 0) is 16.7 Å². The molecule has 6 nitrogen and oxygen atoms in total. The Morgan fingerprint density at radius 2 is 1.17 bits per heavy atom. The highest BCUT2D eigenvalue weighted by molar-refractivity contribution is 5.72. The lowest BCUT2D eigenvalue weighted by atomic mass is 10.1. The summed E-state index contributed by atoms with van der Waals surface area (Å²) in [5.41, 5.74) is 3.24. The molecular formula is C29H33NO5. The van der Waals surface area contributed by atoms with Crippen LogP contribution in [0.2, 0.25) is 0 Å². The summed E-state index contributed by atoms with van der Waals surface area (Å²) in [6, 6.07) is 30.1. The molecule has 1 heterocycles. The molecule has 3 aromatic rings. The minimum atomic E-state index is -0.365. The van der Waals surface area contributed by atoms with Crippen LogP contribution in [0.3, 0.4) is 0 Å². The molecule has 0 aliphatic carbocycles. The van der Waals surface area contributed by atoms with Crippen molar-refractivity contribution in [3.05, 3.63) is 108 Å². The van der Waals surface area contributed by atoms with Crippen molar-refractivity contribution in [2.45, 2.75) is 51.2 Å². The van der Waals surface area contributed by atoms with Crippen molar-refractivity contribution < 1.29 is 23.7 Å². The normalized spacial score (nSPS) is 21.6. The molecule has 1 saturated heterocycles. The summed E-state index contributed by atoms with van der Waals surface area (Å²) in [4.78, 5) is 11.6. The molecule has 1 aliphatic heterocycles. The Kier molecular flexibility index (Phi) is 9.43. The number of carbonyl (C=O) groups excluding carboxylic acids is 1. The van der Waals surface area contributed by atoms with E-state index in [4.69, 9.17) is 18.9 Å². The maximum Gasteiger partial charge on any atom is 0.216 e. The van der Waals surface area contributed by atoms with Gasteiger partial charge in [0, 0.05) is 13.5 Å². The van der Waals surface area contributed by atoms with Gasteiger partial charge >= 0.3 is 0 Å². The quantitative estimate of drug-likeness (QED) is 0.424. The van der Waals surface area contributed by atoms with Crippen LogP contribution in [0.4, 0.5) is 0 Å². The first kappa shape index (κ1) is 25.1. The second kappa shape index (κ2) is 13.2. The fourth-order valence-corrected chi connectivity index (χ4v) is 4.15. The molecule has 1 aliphatic rings. The van der Waals surface area contributed by atoms with Gasteiger partial charge in [0.25, 0.3) is 0 Å². The van der Waals surface area contributed by atoms with E-state index in [1.54, 1.807) is 0 Å². The zero-order valence-corrected chi connectivity index (χ0v) is 20.0. The van der Waals surface area contributed by atoms with E-state index in [-0.39, 0.29) is 30.3 Å². The second-order valence-corrected chi connectivity index (χ2v) is 8.67. The first-order chi connectivity index (χ1) is 17.2. The predicted octanol–water partition coefficient (Wildman–Crippen LogP) is 4.28. The highest BCUT2D eigenvalue weighted by Gasteiger charge is 2.46. The van der Waals surface area contributed by atoms with Crippen molar-refractivity contribution in [3.8, 4) is 0 Å². The molecule has 0 spiro atoms. The van der Waals surface area contributed by atoms with Gasteiger partial charge in [-0.1, -0.05) is 91.0 Å². The number of amides is 1. The van der Waals surface area contributed by atoms with Crippen LogP contribution in [-0.2, 0) is 43.6 Å². The van der Waals surface area contributed by atoms with Crippen LogP contribution in [0, 0.1) is 0 Å². The number of hydrogen-bond acceptors (Lipinski definition) is 5. The number of ether oxygens (including phenoxy) is 4. The zero-order valence-electron chi connectivity index (χ0n) is 20.0. The van der Waals surface area contributed by atoms with Gasteiger partial charge in [0.2, 0.25) is 5.91 Å². The lowest BCUT2D eigenvalue weighted by Crippen LogP contribution is -2.42. The van der Waals surface area contributed by atoms with Gasteiger partial charge < -0.3 is 24.3 Å². The van der Waals surface area contributed by atoms with Crippen LogP contribution in [0.1, 0.15) is 23.6 Å². The summed E-state index contributed by atoms with van der Waals surface area (Å²) in [6.45, 7) is 3.54. The molecule has 1 fully saturated rings. The molecule has 0 saturated carbocycles. The summed E-state index contributed by atoms with van der Waals surface area (Å²) >= 11 is 0. The molecule has 0 unspecified atom stereocenters. The van der Waals surface area contributed by atoms with Crippen molar-refractivity contribution in [1.29, 1.82) is 0 Å². The lowest BCUT2D eigenvalue weighted by Gasteiger charge is -2.25. The molecule has 35 heavy (non-hydrogen) atoms. The standard InChI is InChI=1S/C29H33NO5/c1-22(31)30-17-26-28(33-19-24-13-7-3-8-14-24)29(34-20-25-15-9-4-10-16-25)27(35-26)21-32-18-23-11-5-2-6-12-23/h2-16,26-29H,17-21H2,1H3,(H,30,31)/t26-,27+,28-,29-/m1/s1. The van der Waals surface area contributed by atoms with Crippen molar-refractivity contribution >= 4 is 5.91 Å². The molecule has 6 heteroatoms. The Morgan fingerprint density at radius 3 is 1.66 bits per heavy atom. The van der Waals surface area contributed by atoms with Crippen molar-refractivity contribution in [2.75, 3.05) is 13.2 Å².